The summed E-state index contributed by atoms with van der Waals surface area (Å²) in [6.45, 7) is 8.53. The van der Waals surface area contributed by atoms with Crippen LogP contribution in [0.25, 0.3) is 0 Å². The average Bonchev–Trinajstić information content (AvgIpc) is 2.51. The van der Waals surface area contributed by atoms with Gasteiger partial charge in [-0.25, -0.2) is 0 Å². The Bertz CT molecular complexity index is 504. The Morgan fingerprint density at radius 2 is 2.00 bits per heavy atom. The van der Waals surface area contributed by atoms with E-state index >= 15 is 0 Å². The summed E-state index contributed by atoms with van der Waals surface area (Å²) in [4.78, 5) is 14.4. The Balaban J connectivity index is 1.98. The predicted molar refractivity (Wildman–Crippen MR) is 82.6 cm³/mol. The minimum Gasteiger partial charge on any atom is -0.486 e. The number of likely N-dealkylation sites (N-methyl/N-ethyl adjacent to an activating group) is 1. The number of halogens is 1. The van der Waals surface area contributed by atoms with Crippen molar-refractivity contribution >= 4 is 17.5 Å². The Labute approximate surface area is 130 Å². The fourth-order valence-electron chi connectivity index (χ4n) is 2.21. The summed E-state index contributed by atoms with van der Waals surface area (Å²) >= 11 is 6.13. The van der Waals surface area contributed by atoms with E-state index in [9.17, 15) is 4.79 Å². The summed E-state index contributed by atoms with van der Waals surface area (Å²) in [6, 6.07) is 3.29. The predicted octanol–water partition coefficient (Wildman–Crippen LogP) is 2.18. The van der Waals surface area contributed by atoms with Gasteiger partial charge < -0.3 is 19.7 Å². The van der Waals surface area contributed by atoms with E-state index < -0.39 is 0 Å². The molecule has 1 N–H and O–H groups in total. The van der Waals surface area contributed by atoms with Crippen molar-refractivity contribution in [1.82, 2.24) is 10.2 Å². The molecule has 1 aromatic carbocycles. The van der Waals surface area contributed by atoms with Crippen molar-refractivity contribution in [3.63, 3.8) is 0 Å². The van der Waals surface area contributed by atoms with Crippen LogP contribution in [0.3, 0.4) is 0 Å². The second-order valence-corrected chi connectivity index (χ2v) is 5.17. The van der Waals surface area contributed by atoms with Gasteiger partial charge in [-0.15, -0.1) is 0 Å². The number of nitrogens with zero attached hydrogens (tertiary/aromatic N) is 1. The maximum absolute atomic E-state index is 12.2. The lowest BCUT2D eigenvalue weighted by Gasteiger charge is -2.20. The summed E-state index contributed by atoms with van der Waals surface area (Å²) in [5, 5.41) is 3.30. The smallest absolute Gasteiger partial charge is 0.251 e. The third-order valence-corrected chi connectivity index (χ3v) is 3.75. The molecule has 1 aliphatic rings. The first-order chi connectivity index (χ1) is 10.2. The third kappa shape index (κ3) is 4.02. The normalized spacial score (nSPS) is 13.3. The van der Waals surface area contributed by atoms with E-state index in [-0.39, 0.29) is 5.91 Å². The fraction of sp³-hybridized carbons (Fsp3) is 0.533. The number of benzene rings is 1. The lowest BCUT2D eigenvalue weighted by atomic mass is 10.1. The van der Waals surface area contributed by atoms with Crippen molar-refractivity contribution in [2.24, 2.45) is 0 Å². The summed E-state index contributed by atoms with van der Waals surface area (Å²) in [5.41, 5.74) is 0.490. The highest BCUT2D eigenvalue weighted by molar-refractivity contribution is 6.32. The molecule has 0 unspecified atom stereocenters. The second kappa shape index (κ2) is 7.52. The molecule has 1 heterocycles. The molecule has 0 aliphatic carbocycles. The highest BCUT2D eigenvalue weighted by Crippen LogP contribution is 2.38. The first-order valence-electron chi connectivity index (χ1n) is 7.25. The molecule has 1 amide bonds. The van der Waals surface area contributed by atoms with Crippen molar-refractivity contribution < 1.29 is 14.3 Å². The number of hydrogen-bond acceptors (Lipinski definition) is 4. The van der Waals surface area contributed by atoms with Crippen LogP contribution < -0.4 is 14.8 Å². The molecule has 0 saturated heterocycles. The molecule has 1 aromatic rings. The lowest BCUT2D eigenvalue weighted by molar-refractivity contribution is 0.0947. The molecule has 0 bridgehead atoms. The first kappa shape index (κ1) is 15.9. The van der Waals surface area contributed by atoms with Gasteiger partial charge in [0.05, 0.1) is 5.02 Å². The van der Waals surface area contributed by atoms with Crippen molar-refractivity contribution in [3.05, 3.63) is 22.7 Å². The average molecular weight is 313 g/mol. The van der Waals surface area contributed by atoms with Crippen molar-refractivity contribution in [2.45, 2.75) is 13.8 Å². The van der Waals surface area contributed by atoms with Crippen molar-refractivity contribution in [3.8, 4) is 11.5 Å². The van der Waals surface area contributed by atoms with Crippen LogP contribution in [0.2, 0.25) is 5.02 Å². The van der Waals surface area contributed by atoms with Gasteiger partial charge in [-0.2, -0.15) is 0 Å². The van der Waals surface area contributed by atoms with Crippen molar-refractivity contribution in [2.75, 3.05) is 39.4 Å². The number of amides is 1. The van der Waals surface area contributed by atoms with E-state index in [1.165, 1.54) is 0 Å². The Morgan fingerprint density at radius 3 is 2.71 bits per heavy atom. The lowest BCUT2D eigenvalue weighted by Crippen LogP contribution is -2.34. The fourth-order valence-corrected chi connectivity index (χ4v) is 2.48. The zero-order valence-corrected chi connectivity index (χ0v) is 13.2. The molecule has 21 heavy (non-hydrogen) atoms. The highest BCUT2D eigenvalue weighted by Gasteiger charge is 2.19. The zero-order valence-electron chi connectivity index (χ0n) is 12.4. The minimum atomic E-state index is -0.152. The maximum Gasteiger partial charge on any atom is 0.251 e. The number of carbonyl (C=O) groups is 1. The molecule has 5 nitrogen and oxygen atoms in total. The van der Waals surface area contributed by atoms with Crippen LogP contribution in [0.1, 0.15) is 24.2 Å². The maximum atomic E-state index is 12.2. The SMILES string of the molecule is CCN(CC)CCNC(=O)c1cc(Cl)c2c(c1)OCCO2. The van der Waals surface area contributed by atoms with Crippen LogP contribution in [0.4, 0.5) is 0 Å². The van der Waals surface area contributed by atoms with E-state index in [1.807, 2.05) is 0 Å². The molecule has 6 heteroatoms. The molecule has 0 fully saturated rings. The monoisotopic (exact) mass is 312 g/mol. The molecule has 0 spiro atoms. The van der Waals surface area contributed by atoms with Gasteiger partial charge in [0.15, 0.2) is 11.5 Å². The van der Waals surface area contributed by atoms with Crippen LogP contribution in [0.5, 0.6) is 11.5 Å². The van der Waals surface area contributed by atoms with E-state index in [0.29, 0.717) is 41.8 Å². The minimum absolute atomic E-state index is 0.152. The van der Waals surface area contributed by atoms with Crippen LogP contribution >= 0.6 is 11.6 Å². The quantitative estimate of drug-likeness (QED) is 0.875. The summed E-state index contributed by atoms with van der Waals surface area (Å²) < 4.78 is 10.9. The van der Waals surface area contributed by atoms with E-state index in [0.717, 1.165) is 19.6 Å². The molecular weight excluding hydrogens is 292 g/mol. The van der Waals surface area contributed by atoms with Gasteiger partial charge in [0.1, 0.15) is 13.2 Å². The van der Waals surface area contributed by atoms with Gasteiger partial charge in [0.25, 0.3) is 5.91 Å². The van der Waals surface area contributed by atoms with Crippen molar-refractivity contribution in [1.29, 1.82) is 0 Å². The van der Waals surface area contributed by atoms with Gasteiger partial charge in [0, 0.05) is 18.7 Å². The van der Waals surface area contributed by atoms with Crippen LogP contribution in [-0.4, -0.2) is 50.2 Å². The Hall–Kier alpha value is -1.46. The molecule has 0 atom stereocenters. The van der Waals surface area contributed by atoms with E-state index in [4.69, 9.17) is 21.1 Å². The topological polar surface area (TPSA) is 50.8 Å². The van der Waals surface area contributed by atoms with Crippen LogP contribution in [0.15, 0.2) is 12.1 Å². The molecule has 116 valence electrons. The van der Waals surface area contributed by atoms with Gasteiger partial charge >= 0.3 is 0 Å². The summed E-state index contributed by atoms with van der Waals surface area (Å²) in [7, 11) is 0. The number of hydrogen-bond donors (Lipinski definition) is 1. The summed E-state index contributed by atoms with van der Waals surface area (Å²) in [6.07, 6.45) is 0. The molecule has 1 aliphatic heterocycles. The standard InChI is InChI=1S/C15H21ClN2O3/c1-3-18(4-2)6-5-17-15(19)11-9-12(16)14-13(10-11)20-7-8-21-14/h9-10H,3-8H2,1-2H3,(H,17,19). The zero-order chi connectivity index (χ0) is 15.2. The largest absolute Gasteiger partial charge is 0.486 e. The number of fused-ring (bicyclic) bond motifs is 1. The molecule has 2 rings (SSSR count). The Kier molecular flexibility index (Phi) is 5.70. The number of carbonyl (C=O) groups excluding carboxylic acids is 1. The molecule has 0 saturated carbocycles. The van der Waals surface area contributed by atoms with E-state index in [2.05, 4.69) is 24.1 Å². The van der Waals surface area contributed by atoms with E-state index in [1.54, 1.807) is 12.1 Å². The first-order valence-corrected chi connectivity index (χ1v) is 7.63. The molecule has 0 radical (unpaired) electrons. The second-order valence-electron chi connectivity index (χ2n) is 4.77. The van der Waals surface area contributed by atoms with Gasteiger partial charge in [-0.05, 0) is 25.2 Å². The van der Waals surface area contributed by atoms with Crippen LogP contribution in [0, 0.1) is 0 Å². The number of ether oxygens (including phenoxy) is 2. The van der Waals surface area contributed by atoms with Gasteiger partial charge in [0.2, 0.25) is 0 Å². The summed E-state index contributed by atoms with van der Waals surface area (Å²) in [5.74, 6) is 0.895. The van der Waals surface area contributed by atoms with Crippen LogP contribution in [-0.2, 0) is 0 Å². The highest BCUT2D eigenvalue weighted by atomic mass is 35.5. The number of nitrogens with one attached hydrogen (secondary N) is 1. The van der Waals surface area contributed by atoms with Gasteiger partial charge in [-0.1, -0.05) is 25.4 Å². The third-order valence-electron chi connectivity index (χ3n) is 3.47. The Morgan fingerprint density at radius 1 is 1.29 bits per heavy atom. The molecular formula is C15H21ClN2O3. The van der Waals surface area contributed by atoms with Gasteiger partial charge in [-0.3, -0.25) is 4.79 Å². The number of rotatable bonds is 6. The molecule has 0 aromatic heterocycles.